The van der Waals surface area contributed by atoms with Gasteiger partial charge >= 0.3 is 0 Å². The van der Waals surface area contributed by atoms with Crippen LogP contribution in [0.4, 0.5) is 5.82 Å². The Morgan fingerprint density at radius 1 is 1.03 bits per heavy atom. The van der Waals surface area contributed by atoms with Crippen LogP contribution in [-0.2, 0) is 4.74 Å². The lowest BCUT2D eigenvalue weighted by Crippen LogP contribution is -2.32. The average Bonchev–Trinajstić information content (AvgIpc) is 3.34. The first-order valence-electron chi connectivity index (χ1n) is 11.9. The minimum absolute atomic E-state index is 0.272. The standard InChI is InChI=1S/C22H38N6O3S/c1-2-3-4-5-6-7-8-9-10-24-11-12-32-13-16-18(29)19(30)22(31-16)28-15-27-17-20(23)25-14-26-21(17)28/h14-16,18-19,22,24,29-30H,2-13H2,1H3,(H2,23,25,26)/t16-,18-,19-,22-/m1/s1. The summed E-state index contributed by atoms with van der Waals surface area (Å²) < 4.78 is 7.57. The molecule has 1 aliphatic rings. The number of hydrogen-bond acceptors (Lipinski definition) is 9. The van der Waals surface area contributed by atoms with Gasteiger partial charge in [0.15, 0.2) is 17.7 Å². The van der Waals surface area contributed by atoms with Crippen molar-refractivity contribution in [2.45, 2.75) is 82.8 Å². The molecule has 4 atom stereocenters. The summed E-state index contributed by atoms with van der Waals surface area (Å²) in [5, 5.41) is 24.4. The van der Waals surface area contributed by atoms with Crippen molar-refractivity contribution in [3.63, 3.8) is 0 Å². The Kier molecular flexibility index (Phi) is 10.5. The zero-order valence-electron chi connectivity index (χ0n) is 19.0. The van der Waals surface area contributed by atoms with E-state index in [0.717, 1.165) is 18.8 Å². The molecular formula is C22H38N6O3S. The number of thioether (sulfide) groups is 1. The van der Waals surface area contributed by atoms with Crippen LogP contribution >= 0.6 is 11.8 Å². The monoisotopic (exact) mass is 466 g/mol. The minimum atomic E-state index is -1.06. The van der Waals surface area contributed by atoms with E-state index in [0.29, 0.717) is 16.9 Å². The molecule has 0 saturated carbocycles. The summed E-state index contributed by atoms with van der Waals surface area (Å²) in [6.45, 7) is 4.23. The number of rotatable bonds is 15. The number of unbranched alkanes of at least 4 members (excludes halogenated alkanes) is 7. The van der Waals surface area contributed by atoms with Gasteiger partial charge in [0.25, 0.3) is 0 Å². The van der Waals surface area contributed by atoms with Crippen LogP contribution in [0.5, 0.6) is 0 Å². The molecule has 3 heterocycles. The zero-order valence-corrected chi connectivity index (χ0v) is 19.8. The number of fused-ring (bicyclic) bond motifs is 1. The molecule has 0 aliphatic carbocycles. The van der Waals surface area contributed by atoms with E-state index in [2.05, 4.69) is 27.2 Å². The predicted octanol–water partition coefficient (Wildman–Crippen LogP) is 2.49. The molecule has 0 unspecified atom stereocenters. The molecule has 5 N–H and O–H groups in total. The molecule has 10 heteroatoms. The maximum Gasteiger partial charge on any atom is 0.167 e. The molecule has 1 aliphatic heterocycles. The number of nitrogens with two attached hydrogens (primary N) is 1. The fourth-order valence-corrected chi connectivity index (χ4v) is 4.97. The Balaban J connectivity index is 1.30. The van der Waals surface area contributed by atoms with Crippen LogP contribution in [0, 0.1) is 0 Å². The minimum Gasteiger partial charge on any atom is -0.387 e. The Morgan fingerprint density at radius 2 is 1.78 bits per heavy atom. The van der Waals surface area contributed by atoms with Gasteiger partial charge in [0, 0.05) is 18.1 Å². The second-order valence-electron chi connectivity index (χ2n) is 8.43. The highest BCUT2D eigenvalue weighted by atomic mass is 32.2. The second kappa shape index (κ2) is 13.3. The topological polar surface area (TPSA) is 131 Å². The molecule has 32 heavy (non-hydrogen) atoms. The lowest BCUT2D eigenvalue weighted by Gasteiger charge is -2.16. The van der Waals surface area contributed by atoms with Gasteiger partial charge in [-0.05, 0) is 13.0 Å². The molecule has 1 fully saturated rings. The molecule has 0 amide bonds. The summed E-state index contributed by atoms with van der Waals surface area (Å²) >= 11 is 1.71. The SMILES string of the molecule is CCCCCCCCCCNCCSC[C@H]1O[C@@H](n2cnc3c(N)ncnc32)[C@H](O)[C@@H]1O. The summed E-state index contributed by atoms with van der Waals surface area (Å²) in [7, 11) is 0. The third-order valence-electron chi connectivity index (χ3n) is 5.91. The van der Waals surface area contributed by atoms with Gasteiger partial charge in [0.05, 0.1) is 12.4 Å². The summed E-state index contributed by atoms with van der Waals surface area (Å²) in [5.41, 5.74) is 6.77. The number of nitrogen functional groups attached to an aromatic ring is 1. The summed E-state index contributed by atoms with van der Waals surface area (Å²) in [6.07, 6.45) is 10.3. The zero-order chi connectivity index (χ0) is 22.8. The fourth-order valence-electron chi connectivity index (χ4n) is 4.01. The lowest BCUT2D eigenvalue weighted by molar-refractivity contribution is -0.0289. The fraction of sp³-hybridized carbons (Fsp3) is 0.773. The van der Waals surface area contributed by atoms with Gasteiger partial charge in [-0.25, -0.2) is 15.0 Å². The number of anilines is 1. The molecule has 3 rings (SSSR count). The van der Waals surface area contributed by atoms with Gasteiger partial charge < -0.3 is 26.0 Å². The molecule has 0 aromatic carbocycles. The van der Waals surface area contributed by atoms with Gasteiger partial charge in [-0.1, -0.05) is 51.9 Å². The van der Waals surface area contributed by atoms with Crippen molar-refractivity contribution in [1.82, 2.24) is 24.8 Å². The van der Waals surface area contributed by atoms with Gasteiger partial charge in [-0.15, -0.1) is 0 Å². The van der Waals surface area contributed by atoms with Gasteiger partial charge in [-0.2, -0.15) is 11.8 Å². The first-order chi connectivity index (χ1) is 15.6. The first-order valence-corrected chi connectivity index (χ1v) is 13.0. The number of nitrogens with one attached hydrogen (secondary N) is 1. The molecular weight excluding hydrogens is 428 g/mol. The van der Waals surface area contributed by atoms with E-state index in [4.69, 9.17) is 10.5 Å². The maximum atomic E-state index is 10.5. The van der Waals surface area contributed by atoms with Crippen LogP contribution in [0.3, 0.4) is 0 Å². The highest BCUT2D eigenvalue weighted by Gasteiger charge is 2.44. The third-order valence-corrected chi connectivity index (χ3v) is 6.97. The van der Waals surface area contributed by atoms with Crippen LogP contribution in [-0.4, -0.2) is 72.6 Å². The Morgan fingerprint density at radius 3 is 2.56 bits per heavy atom. The molecule has 180 valence electrons. The Hall–Kier alpha value is -1.46. The van der Waals surface area contributed by atoms with Crippen LogP contribution < -0.4 is 11.1 Å². The maximum absolute atomic E-state index is 10.5. The van der Waals surface area contributed by atoms with Crippen LogP contribution in [0.2, 0.25) is 0 Å². The van der Waals surface area contributed by atoms with Crippen molar-refractivity contribution < 1.29 is 14.9 Å². The van der Waals surface area contributed by atoms with Crippen LogP contribution in [0.25, 0.3) is 11.2 Å². The second-order valence-corrected chi connectivity index (χ2v) is 9.58. The van der Waals surface area contributed by atoms with Gasteiger partial charge in [0.2, 0.25) is 0 Å². The summed E-state index contributed by atoms with van der Waals surface area (Å²) in [5.74, 6) is 1.81. The number of ether oxygens (including phenoxy) is 1. The van der Waals surface area contributed by atoms with Crippen LogP contribution in [0.1, 0.15) is 64.5 Å². The van der Waals surface area contributed by atoms with E-state index in [1.54, 1.807) is 16.3 Å². The Labute approximate surface area is 194 Å². The van der Waals surface area contributed by atoms with Gasteiger partial charge in [0.1, 0.15) is 24.1 Å². The quantitative estimate of drug-likeness (QED) is 0.292. The van der Waals surface area contributed by atoms with Crippen LogP contribution in [0.15, 0.2) is 12.7 Å². The average molecular weight is 467 g/mol. The van der Waals surface area contributed by atoms with E-state index in [-0.39, 0.29) is 5.82 Å². The lowest BCUT2D eigenvalue weighted by atomic mass is 10.1. The van der Waals surface area contributed by atoms with E-state index < -0.39 is 24.5 Å². The third kappa shape index (κ3) is 6.77. The summed E-state index contributed by atoms with van der Waals surface area (Å²) in [6, 6.07) is 0. The van der Waals surface area contributed by atoms with Crippen molar-refractivity contribution in [1.29, 1.82) is 0 Å². The molecule has 1 saturated heterocycles. The number of imidazole rings is 1. The Bertz CT molecular complexity index is 807. The first kappa shape index (κ1) is 25.2. The summed E-state index contributed by atoms with van der Waals surface area (Å²) in [4.78, 5) is 12.3. The van der Waals surface area contributed by atoms with Crippen molar-refractivity contribution in [3.8, 4) is 0 Å². The van der Waals surface area contributed by atoms with E-state index in [1.807, 2.05) is 0 Å². The molecule has 9 nitrogen and oxygen atoms in total. The highest BCUT2D eigenvalue weighted by molar-refractivity contribution is 7.99. The van der Waals surface area contributed by atoms with Gasteiger partial charge in [-0.3, -0.25) is 4.57 Å². The number of aliphatic hydroxyl groups excluding tert-OH is 2. The largest absolute Gasteiger partial charge is 0.387 e. The molecule has 0 spiro atoms. The molecule has 0 bridgehead atoms. The van der Waals surface area contributed by atoms with E-state index in [1.165, 1.54) is 64.0 Å². The molecule has 2 aromatic heterocycles. The van der Waals surface area contributed by atoms with Crippen molar-refractivity contribution in [2.75, 3.05) is 30.3 Å². The molecule has 2 aromatic rings. The van der Waals surface area contributed by atoms with Crippen molar-refractivity contribution >= 4 is 28.7 Å². The molecule has 0 radical (unpaired) electrons. The van der Waals surface area contributed by atoms with E-state index >= 15 is 0 Å². The number of hydrogen-bond donors (Lipinski definition) is 4. The number of nitrogens with zero attached hydrogens (tertiary/aromatic N) is 4. The van der Waals surface area contributed by atoms with E-state index in [9.17, 15) is 10.2 Å². The smallest absolute Gasteiger partial charge is 0.167 e. The predicted molar refractivity (Wildman–Crippen MR) is 128 cm³/mol. The number of aliphatic hydroxyl groups is 2. The normalized spacial score (nSPS) is 23.3. The highest BCUT2D eigenvalue weighted by Crippen LogP contribution is 2.33. The van der Waals surface area contributed by atoms with Crippen molar-refractivity contribution in [3.05, 3.63) is 12.7 Å². The number of aromatic nitrogens is 4. The van der Waals surface area contributed by atoms with Crippen molar-refractivity contribution in [2.24, 2.45) is 0 Å².